The van der Waals surface area contributed by atoms with Gasteiger partial charge in [-0.3, -0.25) is 13.7 Å². The monoisotopic (exact) mass is 804 g/mol. The molecule has 0 saturated carbocycles. The molecule has 0 aliphatic carbocycles. The second-order valence-electron chi connectivity index (χ2n) is 10.7. The first kappa shape index (κ1) is 44.7. The van der Waals surface area contributed by atoms with Gasteiger partial charge < -0.3 is 20.6 Å². The van der Waals surface area contributed by atoms with Crippen LogP contribution in [0.4, 0.5) is 22.7 Å². The molecule has 0 aromatic heterocycles. The van der Waals surface area contributed by atoms with E-state index in [1.807, 2.05) is 0 Å². The molecule has 22 heteroatoms. The van der Waals surface area contributed by atoms with Crippen LogP contribution in [0.1, 0.15) is 0 Å². The minimum atomic E-state index is -4.94. The molecule has 16 nitrogen and oxygen atoms in total. The van der Waals surface area contributed by atoms with Gasteiger partial charge in [-0.2, -0.15) is 30.4 Å². The Bertz CT molecular complexity index is 2820. The van der Waals surface area contributed by atoms with Crippen LogP contribution in [-0.4, -0.2) is 44.9 Å². The maximum atomic E-state index is 13.0. The fraction of sp³-hybridized carbons (Fsp3) is 0. The maximum Gasteiger partial charge on any atom is 1.00 e. The first-order chi connectivity index (χ1) is 23.3. The summed E-state index contributed by atoms with van der Waals surface area (Å²) in [4.78, 5) is 2.07. The van der Waals surface area contributed by atoms with Crippen molar-refractivity contribution in [3.8, 4) is 11.5 Å². The number of nitrogens with one attached hydrogen (secondary N) is 1. The zero-order chi connectivity index (χ0) is 36.2. The minimum absolute atomic E-state index is 0. The topological polar surface area (TPSA) is 281 Å². The molecular weight excluding hydrogens is 786 g/mol. The first-order valence-corrected chi connectivity index (χ1v) is 18.1. The standard InChI is InChI=1S/C31H22N4O12S3.3Na/c36-28-13-22(33-31(38)32-20-4-6-25-18(8-20)11-24(14-29(25)37)49(42,43)44)9-19-12-30(50(45,46)47)27(15-26(19)28)35-34-21-3-1-16-2-5-23(48(39,40)41)10-17(16)7-21;;;/h1-15,36-37H,(H2,32,33,38)(H,39,40,41)(H,42,43,44)(H,45,46,47);;;/q;3*+1/p-3. The summed E-state index contributed by atoms with van der Waals surface area (Å²) in [5.41, 5.74) is -0.406. The molecule has 0 aliphatic heterocycles. The molecule has 0 saturated heterocycles. The van der Waals surface area contributed by atoms with Crippen molar-refractivity contribution in [2.45, 2.75) is 14.7 Å². The van der Waals surface area contributed by atoms with Gasteiger partial charge >= 0.3 is 88.7 Å². The predicted molar refractivity (Wildman–Crippen MR) is 175 cm³/mol. The van der Waals surface area contributed by atoms with Crippen LogP contribution in [-0.2, 0) is 30.4 Å². The van der Waals surface area contributed by atoms with E-state index >= 15 is 0 Å². The Labute approximate surface area is 367 Å². The van der Waals surface area contributed by atoms with Gasteiger partial charge in [0.2, 0.25) is 0 Å². The first-order valence-electron chi connectivity index (χ1n) is 13.8. The Balaban J connectivity index is 0.00000252. The summed E-state index contributed by atoms with van der Waals surface area (Å²) in [7, 11) is -14.1. The SMILES string of the molecule is O=S(=O)(O)c1ccc2ccc(N=Nc3cc4c([O-])cc(N=C([O-])Nc5ccc6c([O-])cc(S(=O)(=O)O)cc6c5)cc4cc3S(=O)(=O)O)cc2c1.[Na+].[Na+].[Na+]. The van der Waals surface area contributed by atoms with E-state index in [0.717, 1.165) is 30.3 Å². The number of azo groups is 1. The second-order valence-corrected chi connectivity index (χ2v) is 14.9. The predicted octanol–water partition coefficient (Wildman–Crippen LogP) is -5.08. The van der Waals surface area contributed by atoms with Gasteiger partial charge in [0.1, 0.15) is 10.6 Å². The summed E-state index contributed by atoms with van der Waals surface area (Å²) in [6.45, 7) is 0. The quantitative estimate of drug-likeness (QED) is 0.0387. The molecule has 6 aromatic rings. The van der Waals surface area contributed by atoms with Gasteiger partial charge in [-0.25, -0.2) is 4.99 Å². The third-order valence-corrected chi connectivity index (χ3v) is 9.85. The van der Waals surface area contributed by atoms with Crippen LogP contribution < -0.4 is 109 Å². The molecule has 0 unspecified atom stereocenters. The third-order valence-electron chi connectivity index (χ3n) is 7.29. The Morgan fingerprint density at radius 2 is 1.15 bits per heavy atom. The van der Waals surface area contributed by atoms with Gasteiger partial charge in [0.15, 0.2) is 0 Å². The molecule has 256 valence electrons. The van der Waals surface area contributed by atoms with E-state index in [2.05, 4.69) is 20.5 Å². The number of nitrogens with zero attached hydrogens (tertiary/aromatic N) is 3. The molecule has 0 bridgehead atoms. The number of anilines is 1. The summed E-state index contributed by atoms with van der Waals surface area (Å²) >= 11 is 0. The van der Waals surface area contributed by atoms with Crippen molar-refractivity contribution in [1.82, 2.24) is 0 Å². The number of rotatable bonds is 7. The van der Waals surface area contributed by atoms with Gasteiger partial charge in [0.05, 0.1) is 27.2 Å². The Kier molecular flexibility index (Phi) is 14.3. The van der Waals surface area contributed by atoms with E-state index in [0.29, 0.717) is 10.8 Å². The number of hydrogen-bond donors (Lipinski definition) is 4. The average molecular weight is 805 g/mol. The van der Waals surface area contributed by atoms with Crippen LogP contribution >= 0.6 is 0 Å². The van der Waals surface area contributed by atoms with Gasteiger partial charge in [0.25, 0.3) is 30.4 Å². The van der Waals surface area contributed by atoms with Crippen LogP contribution in [0.25, 0.3) is 32.3 Å². The van der Waals surface area contributed by atoms with E-state index in [1.165, 1.54) is 54.6 Å². The number of benzene rings is 6. The van der Waals surface area contributed by atoms with Crippen LogP contribution in [0, 0.1) is 0 Å². The van der Waals surface area contributed by atoms with Gasteiger partial charge in [-0.05, 0) is 105 Å². The van der Waals surface area contributed by atoms with Crippen LogP contribution in [0.15, 0.2) is 121 Å². The van der Waals surface area contributed by atoms with Crippen molar-refractivity contribution in [2.24, 2.45) is 15.2 Å². The molecule has 6 rings (SSSR count). The van der Waals surface area contributed by atoms with Crippen LogP contribution in [0.3, 0.4) is 0 Å². The third kappa shape index (κ3) is 10.3. The maximum absolute atomic E-state index is 13.0. The molecule has 0 amide bonds. The Hall–Kier alpha value is -2.70. The Morgan fingerprint density at radius 1 is 0.547 bits per heavy atom. The normalized spacial score (nSPS) is 12.3. The summed E-state index contributed by atoms with van der Waals surface area (Å²) in [5, 5.41) is 49.3. The molecular formula is C31H19N4Na3O12S3. The fourth-order valence-electron chi connectivity index (χ4n) is 5.03. The average Bonchev–Trinajstić information content (AvgIpc) is 3.01. The molecule has 0 radical (unpaired) electrons. The van der Waals surface area contributed by atoms with E-state index < -0.39 is 63.4 Å². The number of amidine groups is 1. The van der Waals surface area contributed by atoms with Gasteiger partial charge in [-0.1, -0.05) is 29.7 Å². The van der Waals surface area contributed by atoms with E-state index in [9.17, 15) is 54.2 Å². The van der Waals surface area contributed by atoms with E-state index in [4.69, 9.17) is 0 Å². The molecule has 0 spiro atoms. The van der Waals surface area contributed by atoms with Crippen LogP contribution in [0.5, 0.6) is 11.5 Å². The van der Waals surface area contributed by atoms with Crippen molar-refractivity contribution >= 4 is 91.4 Å². The van der Waals surface area contributed by atoms with Crippen molar-refractivity contribution in [3.05, 3.63) is 91.0 Å². The molecule has 0 atom stereocenters. The molecule has 6 aromatic carbocycles. The molecule has 53 heavy (non-hydrogen) atoms. The van der Waals surface area contributed by atoms with Crippen LogP contribution in [0.2, 0.25) is 0 Å². The van der Waals surface area contributed by atoms with Gasteiger partial charge in [0, 0.05) is 5.69 Å². The number of fused-ring (bicyclic) bond motifs is 3. The number of aliphatic imine (C=N–C) groups is 1. The molecule has 0 heterocycles. The van der Waals surface area contributed by atoms with E-state index in [-0.39, 0.29) is 132 Å². The largest absolute Gasteiger partial charge is 1.00 e. The van der Waals surface area contributed by atoms with Gasteiger partial charge in [-0.15, -0.1) is 5.11 Å². The van der Waals surface area contributed by atoms with E-state index in [1.54, 1.807) is 6.07 Å². The second kappa shape index (κ2) is 17.0. The zero-order valence-corrected chi connectivity index (χ0v) is 36.2. The summed E-state index contributed by atoms with van der Waals surface area (Å²) in [5.74, 6) is -1.39. The number of hydrogen-bond acceptors (Lipinski definition) is 12. The minimum Gasteiger partial charge on any atom is -0.872 e. The summed E-state index contributed by atoms with van der Waals surface area (Å²) in [6, 6.07) is 17.2. The fourth-order valence-corrected chi connectivity index (χ4v) is 6.72. The molecule has 0 fully saturated rings. The van der Waals surface area contributed by atoms with Crippen molar-refractivity contribution in [3.63, 3.8) is 0 Å². The van der Waals surface area contributed by atoms with Crippen molar-refractivity contribution < 1.29 is 143 Å². The van der Waals surface area contributed by atoms with Crippen molar-refractivity contribution in [1.29, 1.82) is 0 Å². The molecule has 4 N–H and O–H groups in total. The summed E-state index contributed by atoms with van der Waals surface area (Å²) in [6.07, 6.45) is 0. The smallest absolute Gasteiger partial charge is 0.872 e. The molecule has 0 aliphatic rings. The Morgan fingerprint density at radius 3 is 1.81 bits per heavy atom. The summed E-state index contributed by atoms with van der Waals surface area (Å²) < 4.78 is 99.2. The van der Waals surface area contributed by atoms with Crippen molar-refractivity contribution in [2.75, 3.05) is 5.32 Å². The zero-order valence-electron chi connectivity index (χ0n) is 27.7.